The highest BCUT2D eigenvalue weighted by molar-refractivity contribution is 7.90. The first-order valence-electron chi connectivity index (χ1n) is 9.58. The molecular weight excluding hydrogens is 412 g/mol. The molecular formula is C23H20N4O3S. The molecule has 0 radical (unpaired) electrons. The number of benzene rings is 3. The SMILES string of the molecule is Cc1ccc(S(=O)(=O)Cc2ccc(C(=O)Nc3ccccc3-n3ccnn3)cc2)cc1. The number of carbonyl (C=O) groups is 1. The molecule has 8 heteroatoms. The molecule has 0 aliphatic rings. The van der Waals surface area contributed by atoms with Crippen molar-refractivity contribution in [3.05, 3.63) is 102 Å². The van der Waals surface area contributed by atoms with Crippen LogP contribution in [0, 0.1) is 6.92 Å². The summed E-state index contributed by atoms with van der Waals surface area (Å²) in [6.07, 6.45) is 3.25. The van der Waals surface area contributed by atoms with Crippen LogP contribution >= 0.6 is 0 Å². The average Bonchev–Trinajstić information content (AvgIpc) is 3.29. The van der Waals surface area contributed by atoms with Gasteiger partial charge in [0.15, 0.2) is 9.84 Å². The minimum Gasteiger partial charge on any atom is -0.320 e. The van der Waals surface area contributed by atoms with Crippen molar-refractivity contribution in [2.45, 2.75) is 17.6 Å². The molecule has 1 aromatic heterocycles. The predicted octanol–water partition coefficient (Wildman–Crippen LogP) is 3.80. The second-order valence-corrected chi connectivity index (χ2v) is 9.08. The Labute approximate surface area is 180 Å². The fourth-order valence-corrected chi connectivity index (χ4v) is 4.46. The van der Waals surface area contributed by atoms with Gasteiger partial charge in [-0.1, -0.05) is 47.2 Å². The van der Waals surface area contributed by atoms with Crippen molar-refractivity contribution in [1.82, 2.24) is 15.0 Å². The second kappa shape index (κ2) is 8.53. The summed E-state index contributed by atoms with van der Waals surface area (Å²) in [4.78, 5) is 13.0. The predicted molar refractivity (Wildman–Crippen MR) is 118 cm³/mol. The Balaban J connectivity index is 1.49. The maximum absolute atomic E-state index is 12.7. The fourth-order valence-electron chi connectivity index (χ4n) is 3.11. The quantitative estimate of drug-likeness (QED) is 0.500. The zero-order chi connectivity index (χ0) is 21.8. The fraction of sp³-hybridized carbons (Fsp3) is 0.0870. The number of hydrogen-bond acceptors (Lipinski definition) is 5. The van der Waals surface area contributed by atoms with Crippen LogP contribution in [0.3, 0.4) is 0 Å². The molecule has 0 aliphatic heterocycles. The Kier molecular flexibility index (Phi) is 5.64. The lowest BCUT2D eigenvalue weighted by Gasteiger charge is -2.11. The van der Waals surface area contributed by atoms with E-state index in [4.69, 9.17) is 0 Å². The second-order valence-electron chi connectivity index (χ2n) is 7.09. The summed E-state index contributed by atoms with van der Waals surface area (Å²) in [6, 6.07) is 20.6. The van der Waals surface area contributed by atoms with Crippen molar-refractivity contribution >= 4 is 21.4 Å². The average molecular weight is 433 g/mol. The maximum atomic E-state index is 12.7. The molecule has 1 heterocycles. The molecule has 0 atom stereocenters. The smallest absolute Gasteiger partial charge is 0.255 e. The molecule has 1 amide bonds. The van der Waals surface area contributed by atoms with Crippen LogP contribution in [-0.2, 0) is 15.6 Å². The Hall–Kier alpha value is -3.78. The van der Waals surface area contributed by atoms with Crippen LogP contribution in [0.15, 0.2) is 90.1 Å². The molecule has 3 aromatic carbocycles. The number of hydrogen-bond donors (Lipinski definition) is 1. The van der Waals surface area contributed by atoms with Gasteiger partial charge in [-0.15, -0.1) is 5.10 Å². The number of amides is 1. The number of nitrogens with zero attached hydrogens (tertiary/aromatic N) is 3. The zero-order valence-corrected chi connectivity index (χ0v) is 17.6. The van der Waals surface area contributed by atoms with Gasteiger partial charge in [0.2, 0.25) is 0 Å². The summed E-state index contributed by atoms with van der Waals surface area (Å²) in [6.45, 7) is 1.91. The third kappa shape index (κ3) is 4.70. The highest BCUT2D eigenvalue weighted by Gasteiger charge is 2.16. The van der Waals surface area contributed by atoms with Gasteiger partial charge in [0.1, 0.15) is 0 Å². The molecule has 7 nitrogen and oxygen atoms in total. The van der Waals surface area contributed by atoms with Crippen LogP contribution in [0.4, 0.5) is 5.69 Å². The summed E-state index contributed by atoms with van der Waals surface area (Å²) in [5.41, 5.74) is 3.31. The van der Waals surface area contributed by atoms with Gasteiger partial charge in [-0.2, -0.15) is 0 Å². The summed E-state index contributed by atoms with van der Waals surface area (Å²) >= 11 is 0. The van der Waals surface area contributed by atoms with Crippen molar-refractivity contribution < 1.29 is 13.2 Å². The highest BCUT2D eigenvalue weighted by atomic mass is 32.2. The van der Waals surface area contributed by atoms with E-state index in [1.807, 2.05) is 25.1 Å². The van der Waals surface area contributed by atoms with Gasteiger partial charge in [0.25, 0.3) is 5.91 Å². The van der Waals surface area contributed by atoms with Crippen LogP contribution in [0.2, 0.25) is 0 Å². The van der Waals surface area contributed by atoms with Crippen LogP contribution in [-0.4, -0.2) is 29.3 Å². The van der Waals surface area contributed by atoms with E-state index in [9.17, 15) is 13.2 Å². The number of nitrogens with one attached hydrogen (secondary N) is 1. The van der Waals surface area contributed by atoms with Crippen molar-refractivity contribution in [2.24, 2.45) is 0 Å². The topological polar surface area (TPSA) is 94.0 Å². The van der Waals surface area contributed by atoms with Crippen LogP contribution in [0.5, 0.6) is 0 Å². The first-order valence-corrected chi connectivity index (χ1v) is 11.2. The van der Waals surface area contributed by atoms with Crippen molar-refractivity contribution in [3.63, 3.8) is 0 Å². The third-order valence-electron chi connectivity index (χ3n) is 4.77. The normalized spacial score (nSPS) is 11.3. The van der Waals surface area contributed by atoms with E-state index in [-0.39, 0.29) is 16.6 Å². The lowest BCUT2D eigenvalue weighted by atomic mass is 10.1. The number of sulfone groups is 1. The largest absolute Gasteiger partial charge is 0.320 e. The number of para-hydroxylation sites is 2. The lowest BCUT2D eigenvalue weighted by Crippen LogP contribution is -2.14. The van der Waals surface area contributed by atoms with Crippen LogP contribution in [0.1, 0.15) is 21.5 Å². The van der Waals surface area contributed by atoms with Crippen LogP contribution in [0.25, 0.3) is 5.69 Å². The van der Waals surface area contributed by atoms with E-state index in [1.165, 1.54) is 0 Å². The molecule has 0 bridgehead atoms. The lowest BCUT2D eigenvalue weighted by molar-refractivity contribution is 0.102. The van der Waals surface area contributed by atoms with E-state index < -0.39 is 9.84 Å². The van der Waals surface area contributed by atoms with Crippen molar-refractivity contribution in [2.75, 3.05) is 5.32 Å². The molecule has 0 saturated carbocycles. The van der Waals surface area contributed by atoms with E-state index in [0.29, 0.717) is 22.5 Å². The molecule has 1 N–H and O–H groups in total. The van der Waals surface area contributed by atoms with E-state index in [2.05, 4.69) is 15.6 Å². The molecule has 0 aliphatic carbocycles. The molecule has 0 unspecified atom stereocenters. The number of aryl methyl sites for hydroxylation is 1. The Morgan fingerprint density at radius 3 is 2.35 bits per heavy atom. The van der Waals surface area contributed by atoms with Crippen molar-refractivity contribution in [1.29, 1.82) is 0 Å². The van der Waals surface area contributed by atoms with Crippen LogP contribution < -0.4 is 5.32 Å². The number of rotatable bonds is 6. The minimum atomic E-state index is -3.46. The molecule has 0 spiro atoms. The standard InChI is InChI=1S/C23H20N4O3S/c1-17-6-12-20(13-7-17)31(29,30)16-18-8-10-19(11-9-18)23(28)25-21-4-2-3-5-22(21)27-15-14-24-26-27/h2-15H,16H2,1H3,(H,25,28). The maximum Gasteiger partial charge on any atom is 0.255 e. The first kappa shape index (κ1) is 20.5. The van der Waals surface area contributed by atoms with E-state index in [0.717, 1.165) is 5.56 Å². The summed E-state index contributed by atoms with van der Waals surface area (Å²) < 4.78 is 26.8. The number of carbonyl (C=O) groups excluding carboxylic acids is 1. The summed E-state index contributed by atoms with van der Waals surface area (Å²) in [7, 11) is -3.46. The van der Waals surface area contributed by atoms with Gasteiger partial charge in [0.05, 0.1) is 34.4 Å². The number of aromatic nitrogens is 3. The molecule has 4 rings (SSSR count). The van der Waals surface area contributed by atoms with Gasteiger partial charge in [0, 0.05) is 5.56 Å². The van der Waals surface area contributed by atoms with Gasteiger partial charge < -0.3 is 5.32 Å². The molecule has 156 valence electrons. The van der Waals surface area contributed by atoms with Gasteiger partial charge in [-0.05, 0) is 48.9 Å². The summed E-state index contributed by atoms with van der Waals surface area (Å²) in [5.74, 6) is -0.437. The Bertz CT molecular complexity index is 1300. The monoisotopic (exact) mass is 432 g/mol. The van der Waals surface area contributed by atoms with E-state index in [1.54, 1.807) is 71.7 Å². The van der Waals surface area contributed by atoms with Gasteiger partial charge >= 0.3 is 0 Å². The third-order valence-corrected chi connectivity index (χ3v) is 6.48. The molecule has 0 fully saturated rings. The molecule has 0 saturated heterocycles. The zero-order valence-electron chi connectivity index (χ0n) is 16.8. The summed E-state index contributed by atoms with van der Waals surface area (Å²) in [5, 5.41) is 10.6. The van der Waals surface area contributed by atoms with Crippen molar-refractivity contribution in [3.8, 4) is 5.69 Å². The molecule has 31 heavy (non-hydrogen) atoms. The first-order chi connectivity index (χ1) is 14.9. The van der Waals surface area contributed by atoms with E-state index >= 15 is 0 Å². The van der Waals surface area contributed by atoms with Gasteiger partial charge in [-0.3, -0.25) is 4.79 Å². The minimum absolute atomic E-state index is 0.132. The Morgan fingerprint density at radius 1 is 0.968 bits per heavy atom. The highest BCUT2D eigenvalue weighted by Crippen LogP contribution is 2.21. The number of anilines is 1. The van der Waals surface area contributed by atoms with Gasteiger partial charge in [-0.25, -0.2) is 13.1 Å². The Morgan fingerprint density at radius 2 is 1.68 bits per heavy atom. The molecule has 4 aromatic rings.